The quantitative estimate of drug-likeness (QED) is 0.0210. The predicted molar refractivity (Wildman–Crippen MR) is 388 cm³/mol. The Hall–Kier alpha value is -5.58. The molecule has 6 aromatic rings. The molecule has 0 radical (unpaired) electrons. The molecule has 103 heavy (non-hydrogen) atoms. The third kappa shape index (κ3) is 31.8. The van der Waals surface area contributed by atoms with Crippen LogP contribution in [0.1, 0.15) is 128 Å². The number of pyridine rings is 6. The number of fused-ring (bicyclic) bond motifs is 1. The molecule has 0 unspecified atom stereocenters. The van der Waals surface area contributed by atoms with Crippen molar-refractivity contribution >= 4 is 152 Å². The van der Waals surface area contributed by atoms with Crippen LogP contribution < -0.4 is 71.2 Å². The van der Waals surface area contributed by atoms with Crippen LogP contribution in [0, 0.1) is 11.3 Å². The van der Waals surface area contributed by atoms with E-state index in [2.05, 4.69) is 139 Å². The van der Waals surface area contributed by atoms with Gasteiger partial charge in [0.1, 0.15) is 28.7 Å². The number of esters is 1. The van der Waals surface area contributed by atoms with Crippen molar-refractivity contribution < 1.29 is 143 Å². The molecule has 3 aliphatic carbocycles. The first-order valence-corrected chi connectivity index (χ1v) is 37.1. The first-order valence-electron chi connectivity index (χ1n) is 29.0. The largest absolute Gasteiger partial charge is 1.00 e. The third-order valence-corrected chi connectivity index (χ3v) is 19.6. The van der Waals surface area contributed by atoms with E-state index in [9.17, 15) is 43.0 Å². The van der Waals surface area contributed by atoms with Crippen LogP contribution in [-0.4, -0.2) is 158 Å². The van der Waals surface area contributed by atoms with Crippen LogP contribution in [0.3, 0.4) is 0 Å². The number of hydrogen-bond acceptors (Lipinski definition) is 28. The summed E-state index contributed by atoms with van der Waals surface area (Å²) in [6.07, 6.45) is 20.4. The summed E-state index contributed by atoms with van der Waals surface area (Å²) >= 11 is 19.3. The Morgan fingerprint density at radius 3 is 1.32 bits per heavy atom. The number of ketones is 4. The van der Waals surface area contributed by atoms with Gasteiger partial charge in [-0.1, -0.05) is 11.3 Å². The van der Waals surface area contributed by atoms with Gasteiger partial charge in [-0.25, -0.2) is 39.5 Å². The molecule has 1 spiro atoms. The molecule has 10 rings (SSSR count). The smallest absolute Gasteiger partial charge is 0.872 e. The van der Waals surface area contributed by atoms with Crippen LogP contribution in [0.2, 0.25) is 0 Å². The molecule has 39 heteroatoms. The van der Waals surface area contributed by atoms with Gasteiger partial charge in [0.2, 0.25) is 35.3 Å². The number of ether oxygens (including phenoxy) is 7. The van der Waals surface area contributed by atoms with Crippen LogP contribution in [0.4, 0.5) is 0 Å². The van der Waals surface area contributed by atoms with Crippen molar-refractivity contribution in [1.29, 1.82) is 5.26 Å². The van der Waals surface area contributed by atoms with Gasteiger partial charge < -0.3 is 66.9 Å². The Morgan fingerprint density at radius 1 is 0.583 bits per heavy atom. The minimum absolute atomic E-state index is 0. The fourth-order valence-corrected chi connectivity index (χ4v) is 11.8. The molecule has 1 aliphatic heterocycles. The van der Waals surface area contributed by atoms with Gasteiger partial charge in [-0.15, -0.1) is 0 Å². The first kappa shape index (κ1) is 97.4. The van der Waals surface area contributed by atoms with E-state index in [1.807, 2.05) is 0 Å². The Balaban J connectivity index is 0.00000118. The van der Waals surface area contributed by atoms with E-state index in [1.165, 1.54) is 121 Å². The molecule has 0 saturated heterocycles. The molecule has 6 aromatic heterocycles. The predicted octanol–water partition coefficient (Wildman–Crippen LogP) is 8.69. The summed E-state index contributed by atoms with van der Waals surface area (Å²) in [6.45, 7) is 1.43. The Morgan fingerprint density at radius 2 is 0.951 bits per heavy atom. The summed E-state index contributed by atoms with van der Waals surface area (Å²) in [5, 5.41) is 28.0. The molecule has 3 fully saturated rings. The first-order chi connectivity index (χ1) is 47.4. The number of rotatable bonds is 18. The molecular weight excluding hydrogens is 1770 g/mol. The second kappa shape index (κ2) is 49.3. The van der Waals surface area contributed by atoms with Gasteiger partial charge in [-0.2, -0.15) is 5.26 Å². The molecule has 4 aliphatic rings. The average Bonchev–Trinajstić information content (AvgIpc) is 0.761. The van der Waals surface area contributed by atoms with Crippen molar-refractivity contribution in [1.82, 2.24) is 29.9 Å². The van der Waals surface area contributed by atoms with Crippen LogP contribution in [-0.2, 0) is 36.8 Å². The molecule has 3 saturated carbocycles. The Bertz CT molecular complexity index is 4040. The van der Waals surface area contributed by atoms with E-state index < -0.39 is 38.7 Å². The maximum absolute atomic E-state index is 12.0. The van der Waals surface area contributed by atoms with Gasteiger partial charge in [-0.3, -0.25) is 28.3 Å². The molecule has 0 amide bonds. The molecule has 29 nitrogen and oxygen atoms in total. The van der Waals surface area contributed by atoms with E-state index in [4.69, 9.17) is 47.8 Å². The molecule has 0 bridgehead atoms. The molecule has 548 valence electrons. The van der Waals surface area contributed by atoms with E-state index >= 15 is 0 Å². The number of halogens is 6. The summed E-state index contributed by atoms with van der Waals surface area (Å²) in [6, 6.07) is 11.4. The molecule has 2 N–H and O–H groups in total. The second-order valence-electron chi connectivity index (χ2n) is 20.2. The topological polar surface area (TPSA) is 413 Å². The number of carbonyl (C=O) groups excluding carboxylic acids is 5. The monoisotopic (exact) mass is 1840 g/mol. The number of aromatic carboxylic acids is 1. The number of hydrogen-bond donors (Lipinski definition) is 1. The Labute approximate surface area is 669 Å². The summed E-state index contributed by atoms with van der Waals surface area (Å²) in [4.78, 5) is 91.3. The summed E-state index contributed by atoms with van der Waals surface area (Å²) in [7, 11) is 6.38. The third-order valence-electron chi connectivity index (χ3n) is 13.6. The normalized spacial score (nSPS) is 13.0. The zero-order valence-corrected chi connectivity index (χ0v) is 69.5. The van der Waals surface area contributed by atoms with Crippen LogP contribution in [0.15, 0.2) is 118 Å². The minimum atomic E-state index is -3.52. The van der Waals surface area contributed by atoms with Crippen LogP contribution >= 0.6 is 111 Å². The number of allylic oxidation sites excluding steroid dienone is 2. The summed E-state index contributed by atoms with van der Waals surface area (Å²) < 4.78 is 81.7. The second-order valence-corrected chi connectivity index (χ2v) is 30.0. The number of Topliss-reactive ketones (excluding diaryl/α,β-unsaturated/α-hetero) is 3. The van der Waals surface area contributed by atoms with Crippen LogP contribution in [0.5, 0.6) is 35.3 Å². The minimum Gasteiger partial charge on any atom is -0.872 e. The van der Waals surface area contributed by atoms with Crippen molar-refractivity contribution in [2.45, 2.75) is 76.7 Å². The van der Waals surface area contributed by atoms with E-state index in [0.29, 0.717) is 58.5 Å². The van der Waals surface area contributed by atoms with Gasteiger partial charge in [0.15, 0.2) is 17.3 Å². The number of aromatic nitrogens is 6. The zero-order valence-electron chi connectivity index (χ0n) is 58.2. The number of carboxylic acids is 1. The number of carbonyl (C=O) groups is 6. The summed E-state index contributed by atoms with van der Waals surface area (Å²) in [5.41, 5.74) is 2.86. The van der Waals surface area contributed by atoms with Crippen molar-refractivity contribution in [3.8, 4) is 41.3 Å². The number of nitriles is 1. The zero-order chi connectivity index (χ0) is 74.9. The van der Waals surface area contributed by atoms with Gasteiger partial charge in [-0.05, 0) is 183 Å². The van der Waals surface area contributed by atoms with Gasteiger partial charge >= 0.3 is 64.9 Å². The molecule has 7 heterocycles. The van der Waals surface area contributed by atoms with E-state index in [-0.39, 0.29) is 107 Å². The van der Waals surface area contributed by atoms with Crippen molar-refractivity contribution in [3.05, 3.63) is 151 Å². The molecule has 0 atom stereocenters. The van der Waals surface area contributed by atoms with Gasteiger partial charge in [0.05, 0.1) is 71.8 Å². The molecule has 0 aromatic carbocycles. The summed E-state index contributed by atoms with van der Waals surface area (Å²) in [5.74, 6) is 0.528. The number of methoxy groups -OCH3 is 6. The fourth-order valence-electron chi connectivity index (χ4n) is 8.06. The number of carboxylic acid groups (broad SMARTS) is 1. The standard InChI is InChI=1S/C12H12BrNO2.C11H10BrNO2.2C10H13BrNO5P.C8H8BrNO3.C7H6BrNO3.C4H6O.C2H3N.2Li.H2O/c1-16-12-10(6-9(13)7-14-12)11(15)5-8-3-2-4-8;12-7-4-8-9(14)5-11(2-1-3-11)15-10(8)13-6-7;2*1-15-10-8(4-7(11)5-12-10)9(13)6-18(14,16-2)17-3;1-12-7-6(8(11)13-2)3-5(9)4-10-7;1-12-6-5(7(10)11)2-4(8)3-9-6;5-4-2-1-3-4;1-2-3;;;/h5-7H,2-4H2,1H3;4,6H,1-3,5H2;4-5H,6H2,1-3H3;4-6,13H,1-3H3;3-4H,1-2H3;2-3H,1H3,(H,10,11);1-3H2;1H3;;;1H2/q;;;;;;;;2*+1;/p-2/b;;;9-6-;;;;;;;. The van der Waals surface area contributed by atoms with E-state index in [1.54, 1.807) is 55.0 Å². The maximum atomic E-state index is 12.0. The van der Waals surface area contributed by atoms with Crippen molar-refractivity contribution in [3.63, 3.8) is 0 Å². The van der Waals surface area contributed by atoms with Crippen molar-refractivity contribution in [2.75, 3.05) is 77.3 Å². The number of nitrogens with zero attached hydrogens (tertiary/aromatic N) is 7. The fraction of sp³-hybridized carbons (Fsp3) is 0.359. The maximum Gasteiger partial charge on any atom is 1.00 e. The van der Waals surface area contributed by atoms with E-state index in [0.717, 1.165) is 66.1 Å². The SMILES string of the molecule is CC#N.COC(=O)c1cc(Br)cnc1OC.COc1ncc(Br)cc1/C([O-])=C/P(=O)(OC)OC.COc1ncc(Br)cc1C(=O)C=C1CCC1.COc1ncc(Br)cc1C(=O)CP(=O)(OC)OC.COc1ncc(Br)cc1C(=O)O.O=C1CC2(CCC2)Oc2ncc(Br)cc21.O=C1CCC1.[Li+].[Li+].[OH-]. The molecular formula is C64H71Br6Li2N7O22P2. The van der Waals surface area contributed by atoms with Gasteiger partial charge in [0, 0.05) is 124 Å². The van der Waals surface area contributed by atoms with Gasteiger partial charge in [0.25, 0.3) is 0 Å². The average molecular weight is 1850 g/mol. The van der Waals surface area contributed by atoms with Crippen LogP contribution in [0.25, 0.3) is 5.76 Å². The van der Waals surface area contributed by atoms with Crippen molar-refractivity contribution in [2.24, 2.45) is 0 Å². The Kier molecular flexibility index (Phi) is 46.7.